The number of rotatable bonds is 5. The molecule has 4 rings (SSSR count). The molecule has 2 aliphatic rings. The van der Waals surface area contributed by atoms with Gasteiger partial charge in [-0.05, 0) is 36.2 Å². The smallest absolute Gasteiger partial charge is 0.231 e. The SMILES string of the molecule is C=C(Sc1ccccc1C)N1CCN(Cc2ccc3c(c2)OCO3)CC1. The molecule has 2 aromatic carbocycles. The minimum absolute atomic E-state index is 0.331. The molecule has 0 spiro atoms. The van der Waals surface area contributed by atoms with Crippen molar-refractivity contribution >= 4 is 11.8 Å². The summed E-state index contributed by atoms with van der Waals surface area (Å²) in [5.41, 5.74) is 2.58. The molecule has 5 heteroatoms. The minimum Gasteiger partial charge on any atom is -0.454 e. The lowest BCUT2D eigenvalue weighted by Gasteiger charge is -2.36. The number of thioether (sulfide) groups is 1. The standard InChI is InChI=1S/C21H24N2O2S/c1-16-5-3-4-6-21(16)26-17(2)23-11-9-22(10-12-23)14-18-7-8-19-20(13-18)25-15-24-19/h3-8,13H,2,9-12,14-15H2,1H3. The predicted molar refractivity (Wildman–Crippen MR) is 106 cm³/mol. The Bertz CT molecular complexity index is 800. The molecular weight excluding hydrogens is 344 g/mol. The fraction of sp³-hybridized carbons (Fsp3) is 0.333. The third kappa shape index (κ3) is 3.84. The van der Waals surface area contributed by atoms with Crippen LogP contribution in [-0.4, -0.2) is 42.8 Å². The first-order chi connectivity index (χ1) is 12.7. The van der Waals surface area contributed by atoms with Crippen molar-refractivity contribution in [2.75, 3.05) is 33.0 Å². The highest BCUT2D eigenvalue weighted by molar-refractivity contribution is 8.03. The number of piperazine rings is 1. The Labute approximate surface area is 159 Å². The zero-order valence-corrected chi connectivity index (χ0v) is 15.9. The lowest BCUT2D eigenvalue weighted by atomic mass is 10.1. The maximum Gasteiger partial charge on any atom is 0.231 e. The molecule has 0 unspecified atom stereocenters. The van der Waals surface area contributed by atoms with Crippen molar-refractivity contribution in [1.29, 1.82) is 0 Å². The van der Waals surface area contributed by atoms with Crippen molar-refractivity contribution in [3.05, 3.63) is 65.2 Å². The van der Waals surface area contributed by atoms with E-state index in [0.717, 1.165) is 49.3 Å². The normalized spacial score (nSPS) is 16.7. The zero-order chi connectivity index (χ0) is 17.9. The number of fused-ring (bicyclic) bond motifs is 1. The van der Waals surface area contributed by atoms with Gasteiger partial charge in [0, 0.05) is 37.6 Å². The number of benzene rings is 2. The molecule has 2 aromatic rings. The number of aryl methyl sites for hydroxylation is 1. The summed E-state index contributed by atoms with van der Waals surface area (Å²) in [5.74, 6) is 1.72. The molecule has 136 valence electrons. The van der Waals surface area contributed by atoms with Crippen LogP contribution in [0.3, 0.4) is 0 Å². The maximum atomic E-state index is 5.48. The van der Waals surface area contributed by atoms with E-state index >= 15 is 0 Å². The molecule has 1 saturated heterocycles. The summed E-state index contributed by atoms with van der Waals surface area (Å²) in [6.07, 6.45) is 0. The highest BCUT2D eigenvalue weighted by Crippen LogP contribution is 2.33. The summed E-state index contributed by atoms with van der Waals surface area (Å²) in [7, 11) is 0. The van der Waals surface area contributed by atoms with Crippen LogP contribution in [-0.2, 0) is 6.54 Å². The molecule has 26 heavy (non-hydrogen) atoms. The molecule has 0 N–H and O–H groups in total. The van der Waals surface area contributed by atoms with Crippen LogP contribution in [0.15, 0.2) is 59.0 Å². The van der Waals surface area contributed by atoms with Crippen LogP contribution >= 0.6 is 11.8 Å². The van der Waals surface area contributed by atoms with E-state index in [1.807, 2.05) is 6.07 Å². The molecule has 0 radical (unpaired) electrons. The van der Waals surface area contributed by atoms with E-state index in [2.05, 4.69) is 59.7 Å². The summed E-state index contributed by atoms with van der Waals surface area (Å²) in [4.78, 5) is 6.17. The predicted octanol–water partition coefficient (Wildman–Crippen LogP) is 4.10. The number of hydrogen-bond acceptors (Lipinski definition) is 5. The quantitative estimate of drug-likeness (QED) is 0.740. The molecular formula is C21H24N2O2S. The van der Waals surface area contributed by atoms with Gasteiger partial charge in [0.2, 0.25) is 6.79 Å². The summed E-state index contributed by atoms with van der Waals surface area (Å²) in [6.45, 7) is 11.9. The van der Waals surface area contributed by atoms with E-state index in [9.17, 15) is 0 Å². The molecule has 0 saturated carbocycles. The van der Waals surface area contributed by atoms with E-state index < -0.39 is 0 Å². The molecule has 0 atom stereocenters. The van der Waals surface area contributed by atoms with Crippen molar-refractivity contribution < 1.29 is 9.47 Å². The van der Waals surface area contributed by atoms with Gasteiger partial charge in [-0.1, -0.05) is 42.6 Å². The van der Waals surface area contributed by atoms with Crippen LogP contribution in [0.25, 0.3) is 0 Å². The van der Waals surface area contributed by atoms with Crippen LogP contribution in [0, 0.1) is 6.92 Å². The van der Waals surface area contributed by atoms with Gasteiger partial charge in [-0.25, -0.2) is 0 Å². The van der Waals surface area contributed by atoms with Gasteiger partial charge in [0.1, 0.15) is 0 Å². The minimum atomic E-state index is 0.331. The Hall–Kier alpha value is -2.11. The van der Waals surface area contributed by atoms with Gasteiger partial charge in [-0.2, -0.15) is 0 Å². The molecule has 0 aliphatic carbocycles. The van der Waals surface area contributed by atoms with Gasteiger partial charge in [0.05, 0.1) is 5.03 Å². The van der Waals surface area contributed by atoms with Crippen LogP contribution in [0.1, 0.15) is 11.1 Å². The second-order valence-electron chi connectivity index (χ2n) is 6.71. The Morgan fingerprint density at radius 1 is 1.04 bits per heavy atom. The molecule has 0 aromatic heterocycles. The summed E-state index contributed by atoms with van der Waals surface area (Å²) >= 11 is 1.78. The fourth-order valence-corrected chi connectivity index (χ4v) is 4.26. The first-order valence-electron chi connectivity index (χ1n) is 8.97. The summed E-state index contributed by atoms with van der Waals surface area (Å²) in [5, 5.41) is 1.14. The molecule has 2 aliphatic heterocycles. The first-order valence-corrected chi connectivity index (χ1v) is 9.79. The van der Waals surface area contributed by atoms with Crippen molar-refractivity contribution in [2.24, 2.45) is 0 Å². The Morgan fingerprint density at radius 3 is 2.62 bits per heavy atom. The molecule has 1 fully saturated rings. The number of ether oxygens (including phenoxy) is 2. The van der Waals surface area contributed by atoms with Crippen LogP contribution in [0.5, 0.6) is 11.5 Å². The average Bonchev–Trinajstić information content (AvgIpc) is 3.12. The van der Waals surface area contributed by atoms with E-state index in [0.29, 0.717) is 6.79 Å². The monoisotopic (exact) mass is 368 g/mol. The van der Waals surface area contributed by atoms with Crippen molar-refractivity contribution in [2.45, 2.75) is 18.4 Å². The van der Waals surface area contributed by atoms with Crippen molar-refractivity contribution in [1.82, 2.24) is 9.80 Å². The van der Waals surface area contributed by atoms with E-state index in [4.69, 9.17) is 9.47 Å². The largest absolute Gasteiger partial charge is 0.454 e. The van der Waals surface area contributed by atoms with E-state index in [1.165, 1.54) is 16.0 Å². The molecule has 0 amide bonds. The van der Waals surface area contributed by atoms with Gasteiger partial charge >= 0.3 is 0 Å². The first kappa shape index (κ1) is 17.3. The van der Waals surface area contributed by atoms with Crippen LogP contribution < -0.4 is 9.47 Å². The van der Waals surface area contributed by atoms with Crippen LogP contribution in [0.4, 0.5) is 0 Å². The van der Waals surface area contributed by atoms with Crippen LogP contribution in [0.2, 0.25) is 0 Å². The zero-order valence-electron chi connectivity index (χ0n) is 15.1. The fourth-order valence-electron chi connectivity index (χ4n) is 3.32. The Kier molecular flexibility index (Phi) is 5.09. The van der Waals surface area contributed by atoms with E-state index in [1.54, 1.807) is 11.8 Å². The van der Waals surface area contributed by atoms with Gasteiger partial charge in [-0.15, -0.1) is 0 Å². The van der Waals surface area contributed by atoms with Gasteiger partial charge < -0.3 is 14.4 Å². The van der Waals surface area contributed by atoms with Crippen molar-refractivity contribution in [3.63, 3.8) is 0 Å². The lowest BCUT2D eigenvalue weighted by molar-refractivity contribution is 0.159. The van der Waals surface area contributed by atoms with Crippen molar-refractivity contribution in [3.8, 4) is 11.5 Å². The summed E-state index contributed by atoms with van der Waals surface area (Å²) in [6, 6.07) is 14.7. The van der Waals surface area contributed by atoms with E-state index in [-0.39, 0.29) is 0 Å². The Morgan fingerprint density at radius 2 is 1.81 bits per heavy atom. The average molecular weight is 369 g/mol. The number of hydrogen-bond donors (Lipinski definition) is 0. The Balaban J connectivity index is 1.30. The lowest BCUT2D eigenvalue weighted by Crippen LogP contribution is -2.44. The van der Waals surface area contributed by atoms with Gasteiger partial charge in [0.25, 0.3) is 0 Å². The highest BCUT2D eigenvalue weighted by Gasteiger charge is 2.20. The maximum absolute atomic E-state index is 5.48. The number of nitrogens with zero attached hydrogens (tertiary/aromatic N) is 2. The third-order valence-corrected chi connectivity index (χ3v) is 6.06. The second-order valence-corrected chi connectivity index (χ2v) is 7.83. The second kappa shape index (κ2) is 7.64. The molecule has 4 nitrogen and oxygen atoms in total. The third-order valence-electron chi connectivity index (χ3n) is 4.89. The molecule has 0 bridgehead atoms. The van der Waals surface area contributed by atoms with Gasteiger partial charge in [0.15, 0.2) is 11.5 Å². The summed E-state index contributed by atoms with van der Waals surface area (Å²) < 4.78 is 10.9. The highest BCUT2D eigenvalue weighted by atomic mass is 32.2. The topological polar surface area (TPSA) is 24.9 Å². The molecule has 2 heterocycles. The van der Waals surface area contributed by atoms with Gasteiger partial charge in [-0.3, -0.25) is 4.90 Å².